The monoisotopic (exact) mass is 339 g/mol. The Hall–Kier alpha value is -0.400. The van der Waals surface area contributed by atoms with Crippen LogP contribution in [-0.2, 0) is 14.2 Å². The highest BCUT2D eigenvalue weighted by Gasteiger charge is 2.47. The molecule has 136 valence electrons. The minimum absolute atomic E-state index is 0.132. The first-order valence-corrected chi connectivity index (χ1v) is 7.45. The number of β-amino-alcohol motifs (C(OH)–C–C–N with tert-alkyl or cyclic N) is 1. The summed E-state index contributed by atoms with van der Waals surface area (Å²) < 4.78 is 15.6. The van der Waals surface area contributed by atoms with Crippen molar-refractivity contribution >= 4 is 0 Å². The highest BCUT2D eigenvalue weighted by molar-refractivity contribution is 4.95. The maximum atomic E-state index is 10.3. The Morgan fingerprint density at radius 2 is 1.74 bits per heavy atom. The maximum Gasteiger partial charge on any atom is 0.187 e. The van der Waals surface area contributed by atoms with Gasteiger partial charge in [-0.25, -0.2) is 0 Å². The SMILES string of the molecule is COC[C@H]1NC[C@@H](O)[C@@H](O[C@H]2O[C@H](CO)[C@@H](O)[C@H](O)[C@H]2O)[C@@H]1O. The van der Waals surface area contributed by atoms with Crippen LogP contribution in [-0.4, -0.2) is 113 Å². The van der Waals surface area contributed by atoms with E-state index in [1.807, 2.05) is 0 Å². The quantitative estimate of drug-likeness (QED) is 0.260. The average molecular weight is 339 g/mol. The lowest BCUT2D eigenvalue weighted by molar-refractivity contribution is -0.326. The Morgan fingerprint density at radius 3 is 2.35 bits per heavy atom. The summed E-state index contributed by atoms with van der Waals surface area (Å²) in [5, 5.41) is 61.7. The second kappa shape index (κ2) is 8.12. The van der Waals surface area contributed by atoms with Crippen molar-refractivity contribution in [1.29, 1.82) is 0 Å². The zero-order valence-electron chi connectivity index (χ0n) is 12.7. The van der Waals surface area contributed by atoms with E-state index >= 15 is 0 Å². The smallest absolute Gasteiger partial charge is 0.187 e. The first-order chi connectivity index (χ1) is 10.9. The molecule has 2 aliphatic heterocycles. The van der Waals surface area contributed by atoms with E-state index in [2.05, 4.69) is 5.32 Å². The molecule has 0 aromatic carbocycles. The summed E-state index contributed by atoms with van der Waals surface area (Å²) in [6.07, 6.45) is -10.5. The van der Waals surface area contributed by atoms with Crippen LogP contribution in [0.3, 0.4) is 0 Å². The van der Waals surface area contributed by atoms with Crippen LogP contribution in [0, 0.1) is 0 Å². The van der Waals surface area contributed by atoms with Crippen LogP contribution in [0.25, 0.3) is 0 Å². The van der Waals surface area contributed by atoms with E-state index in [0.717, 1.165) is 0 Å². The van der Waals surface area contributed by atoms with Gasteiger partial charge in [-0.3, -0.25) is 0 Å². The summed E-state index contributed by atoms with van der Waals surface area (Å²) in [5.41, 5.74) is 0. The Bertz CT molecular complexity index is 371. The molecule has 2 heterocycles. The molecule has 0 radical (unpaired) electrons. The summed E-state index contributed by atoms with van der Waals surface area (Å²) in [6.45, 7) is -0.274. The lowest BCUT2D eigenvalue weighted by Crippen LogP contribution is -2.65. The number of piperidine rings is 1. The van der Waals surface area contributed by atoms with E-state index in [1.54, 1.807) is 0 Å². The van der Waals surface area contributed by atoms with Gasteiger partial charge in [0.15, 0.2) is 6.29 Å². The van der Waals surface area contributed by atoms with Gasteiger partial charge in [-0.1, -0.05) is 0 Å². The number of hydrogen-bond acceptors (Lipinski definition) is 10. The third kappa shape index (κ3) is 3.99. The fourth-order valence-corrected chi connectivity index (χ4v) is 2.81. The van der Waals surface area contributed by atoms with Crippen molar-refractivity contribution in [1.82, 2.24) is 5.32 Å². The first-order valence-electron chi connectivity index (χ1n) is 7.45. The van der Waals surface area contributed by atoms with Crippen LogP contribution in [0.5, 0.6) is 0 Å². The van der Waals surface area contributed by atoms with Gasteiger partial charge < -0.3 is 50.2 Å². The molecular weight excluding hydrogens is 314 g/mol. The molecule has 2 fully saturated rings. The summed E-state index contributed by atoms with van der Waals surface area (Å²) in [6, 6.07) is -0.488. The van der Waals surface area contributed by atoms with E-state index in [1.165, 1.54) is 7.11 Å². The molecule has 0 spiro atoms. The fraction of sp³-hybridized carbons (Fsp3) is 1.00. The van der Waals surface area contributed by atoms with Crippen LogP contribution in [0.1, 0.15) is 0 Å². The molecule has 0 amide bonds. The standard InChI is InChI=1S/C13H25NO9/c1-21-4-5-8(17)12(6(16)2-14-5)23-13-11(20)10(19)9(18)7(3-15)22-13/h5-20H,2-4H2,1H3/t5-,6-,7-,8-,9-,10+,11-,12-,13-/m1/s1. The predicted octanol–water partition coefficient (Wildman–Crippen LogP) is -4.49. The largest absolute Gasteiger partial charge is 0.394 e. The van der Waals surface area contributed by atoms with Gasteiger partial charge in [-0.05, 0) is 0 Å². The highest BCUT2D eigenvalue weighted by atomic mass is 16.7. The van der Waals surface area contributed by atoms with Crippen molar-refractivity contribution in [3.05, 3.63) is 0 Å². The van der Waals surface area contributed by atoms with Crippen molar-refractivity contribution in [3.8, 4) is 0 Å². The Balaban J connectivity index is 2.06. The molecule has 2 saturated heterocycles. The number of nitrogens with one attached hydrogen (secondary N) is 1. The first kappa shape index (κ1) is 18.9. The molecule has 2 rings (SSSR count). The van der Waals surface area contributed by atoms with E-state index in [-0.39, 0.29) is 13.2 Å². The highest BCUT2D eigenvalue weighted by Crippen LogP contribution is 2.25. The summed E-state index contributed by atoms with van der Waals surface area (Å²) in [4.78, 5) is 0. The number of methoxy groups -OCH3 is 1. The van der Waals surface area contributed by atoms with Gasteiger partial charge in [0, 0.05) is 13.7 Å². The van der Waals surface area contributed by atoms with Crippen molar-refractivity contribution in [2.75, 3.05) is 26.9 Å². The van der Waals surface area contributed by atoms with Gasteiger partial charge in [0.1, 0.15) is 36.6 Å². The van der Waals surface area contributed by atoms with Crippen molar-refractivity contribution in [2.45, 2.75) is 55.1 Å². The lowest BCUT2D eigenvalue weighted by Gasteiger charge is -2.44. The Kier molecular flexibility index (Phi) is 6.68. The van der Waals surface area contributed by atoms with Gasteiger partial charge in [-0.2, -0.15) is 0 Å². The minimum atomic E-state index is -1.59. The van der Waals surface area contributed by atoms with Crippen molar-refractivity contribution in [2.24, 2.45) is 0 Å². The van der Waals surface area contributed by atoms with Crippen LogP contribution < -0.4 is 5.32 Å². The van der Waals surface area contributed by atoms with E-state index in [0.29, 0.717) is 0 Å². The van der Waals surface area contributed by atoms with E-state index in [4.69, 9.17) is 19.3 Å². The predicted molar refractivity (Wildman–Crippen MR) is 74.3 cm³/mol. The van der Waals surface area contributed by atoms with Gasteiger partial charge >= 0.3 is 0 Å². The topological polar surface area (TPSA) is 161 Å². The number of aliphatic hydroxyl groups is 6. The molecule has 0 unspecified atom stereocenters. The second-order valence-electron chi connectivity index (χ2n) is 5.83. The van der Waals surface area contributed by atoms with Crippen molar-refractivity contribution < 1.29 is 44.8 Å². The normalized spacial score (nSPS) is 48.4. The van der Waals surface area contributed by atoms with Gasteiger partial charge in [0.05, 0.1) is 25.4 Å². The zero-order valence-corrected chi connectivity index (χ0v) is 12.7. The number of aliphatic hydroxyl groups excluding tert-OH is 6. The fourth-order valence-electron chi connectivity index (χ4n) is 2.81. The van der Waals surface area contributed by atoms with E-state index in [9.17, 15) is 25.5 Å². The maximum absolute atomic E-state index is 10.3. The number of hydrogen-bond donors (Lipinski definition) is 7. The van der Waals surface area contributed by atoms with Crippen LogP contribution in [0.15, 0.2) is 0 Å². The third-order valence-electron chi connectivity index (χ3n) is 4.20. The number of rotatable bonds is 5. The van der Waals surface area contributed by atoms with Crippen LogP contribution >= 0.6 is 0 Å². The molecule has 0 aromatic heterocycles. The molecular formula is C13H25NO9. The lowest BCUT2D eigenvalue weighted by atomic mass is 9.95. The third-order valence-corrected chi connectivity index (χ3v) is 4.20. The molecule has 0 aromatic rings. The van der Waals surface area contributed by atoms with Gasteiger partial charge in [0.2, 0.25) is 0 Å². The zero-order chi connectivity index (χ0) is 17.1. The molecule has 2 aliphatic rings. The molecule has 0 aliphatic carbocycles. The van der Waals surface area contributed by atoms with Gasteiger partial charge in [-0.15, -0.1) is 0 Å². The molecule has 10 heteroatoms. The molecule has 7 N–H and O–H groups in total. The molecule has 10 nitrogen and oxygen atoms in total. The summed E-state index contributed by atoms with van der Waals surface area (Å²) >= 11 is 0. The minimum Gasteiger partial charge on any atom is -0.394 e. The van der Waals surface area contributed by atoms with Crippen LogP contribution in [0.4, 0.5) is 0 Å². The molecule has 23 heavy (non-hydrogen) atoms. The molecule has 9 atom stereocenters. The Labute approximate surface area is 133 Å². The van der Waals surface area contributed by atoms with E-state index < -0.39 is 61.7 Å². The number of ether oxygens (including phenoxy) is 3. The molecule has 0 saturated carbocycles. The summed E-state index contributed by atoms with van der Waals surface area (Å²) in [7, 11) is 1.47. The van der Waals surface area contributed by atoms with Gasteiger partial charge in [0.25, 0.3) is 0 Å². The summed E-state index contributed by atoms with van der Waals surface area (Å²) in [5.74, 6) is 0. The van der Waals surface area contributed by atoms with Crippen molar-refractivity contribution in [3.63, 3.8) is 0 Å². The average Bonchev–Trinajstić information content (AvgIpc) is 2.54. The second-order valence-corrected chi connectivity index (χ2v) is 5.83. The van der Waals surface area contributed by atoms with Crippen LogP contribution in [0.2, 0.25) is 0 Å². The molecule has 0 bridgehead atoms. The Morgan fingerprint density at radius 1 is 1.04 bits per heavy atom.